The molecule has 2 amide bonds. The van der Waals surface area contributed by atoms with E-state index in [0.717, 1.165) is 19.8 Å². The molecule has 0 aliphatic heterocycles. The van der Waals surface area contributed by atoms with Gasteiger partial charge in [0, 0.05) is 17.6 Å². The Hall–Kier alpha value is -2.58. The number of nitrogens with one attached hydrogen (secondary N) is 1. The molecule has 2 heterocycles. The van der Waals surface area contributed by atoms with Gasteiger partial charge in [0.2, 0.25) is 0 Å². The van der Waals surface area contributed by atoms with Crippen LogP contribution < -0.4 is 5.32 Å². The Morgan fingerprint density at radius 3 is 2.52 bits per heavy atom. The number of thiophene rings is 1. The number of halogens is 1. The van der Waals surface area contributed by atoms with Crippen molar-refractivity contribution in [3.8, 4) is 10.4 Å². The Morgan fingerprint density at radius 2 is 1.94 bits per heavy atom. The van der Waals surface area contributed by atoms with E-state index in [2.05, 4.69) is 21.2 Å². The second-order valence-corrected chi connectivity index (χ2v) is 10.7. The van der Waals surface area contributed by atoms with Gasteiger partial charge in [-0.3, -0.25) is 4.79 Å². The monoisotopic (exact) mass is 504 g/mol. The maximum absolute atomic E-state index is 13.3. The predicted molar refractivity (Wildman–Crippen MR) is 126 cm³/mol. The lowest BCUT2D eigenvalue weighted by atomic mass is 10.0. The number of hydrogen-bond donors (Lipinski definition) is 2. The quantitative estimate of drug-likeness (QED) is 0.420. The van der Waals surface area contributed by atoms with Crippen molar-refractivity contribution in [2.75, 3.05) is 6.54 Å². The number of carboxylic acid groups (broad SMARTS) is 1. The van der Waals surface area contributed by atoms with E-state index in [4.69, 9.17) is 4.42 Å². The number of benzene rings is 1. The van der Waals surface area contributed by atoms with Crippen LogP contribution in [0.15, 0.2) is 63.2 Å². The first kappa shape index (κ1) is 23.1. The maximum Gasteiger partial charge on any atom is 0.407 e. The second-order valence-electron chi connectivity index (χ2n) is 8.23. The third-order valence-electron chi connectivity index (χ3n) is 4.83. The molecule has 3 aromatic rings. The van der Waals surface area contributed by atoms with Crippen molar-refractivity contribution < 1.29 is 19.1 Å². The lowest BCUT2D eigenvalue weighted by molar-refractivity contribution is 0.0823. The first-order valence-corrected chi connectivity index (χ1v) is 11.4. The van der Waals surface area contributed by atoms with Crippen LogP contribution in [0.4, 0.5) is 4.79 Å². The molecule has 0 fully saturated rings. The molecule has 0 bridgehead atoms. The van der Waals surface area contributed by atoms with Gasteiger partial charge in [0.15, 0.2) is 0 Å². The van der Waals surface area contributed by atoms with Crippen LogP contribution in [0.5, 0.6) is 0 Å². The minimum Gasteiger partial charge on any atom is -0.472 e. The summed E-state index contributed by atoms with van der Waals surface area (Å²) in [5, 5.41) is 12.8. The van der Waals surface area contributed by atoms with Crippen LogP contribution in [0.1, 0.15) is 36.7 Å². The van der Waals surface area contributed by atoms with Crippen LogP contribution in [-0.2, 0) is 6.42 Å². The molecule has 0 saturated heterocycles. The number of carbonyl (C=O) groups excluding carboxylic acids is 1. The Bertz CT molecular complexity index is 1030. The molecule has 164 valence electrons. The molecular weight excluding hydrogens is 480 g/mol. The summed E-state index contributed by atoms with van der Waals surface area (Å²) in [7, 11) is 0. The highest BCUT2D eigenvalue weighted by molar-refractivity contribution is 9.11. The Kier molecular flexibility index (Phi) is 7.23. The Balaban J connectivity index is 1.88. The number of carbonyl (C=O) groups is 2. The lowest BCUT2D eigenvalue weighted by Crippen LogP contribution is -2.53. The fourth-order valence-electron chi connectivity index (χ4n) is 3.32. The summed E-state index contributed by atoms with van der Waals surface area (Å²) in [5.41, 5.74) is 1.77. The average molecular weight is 505 g/mol. The highest BCUT2D eigenvalue weighted by atomic mass is 79.9. The van der Waals surface area contributed by atoms with E-state index >= 15 is 0 Å². The molecular formula is C23H25BrN2O4S. The van der Waals surface area contributed by atoms with Crippen molar-refractivity contribution in [1.82, 2.24) is 10.2 Å². The van der Waals surface area contributed by atoms with Crippen LogP contribution >= 0.6 is 27.3 Å². The largest absolute Gasteiger partial charge is 0.472 e. The van der Waals surface area contributed by atoms with Crippen LogP contribution in [0.2, 0.25) is 0 Å². The summed E-state index contributed by atoms with van der Waals surface area (Å²) >= 11 is 4.91. The fraction of sp³-hybridized carbons (Fsp3) is 0.304. The molecule has 0 saturated carbocycles. The normalized spacial score (nSPS) is 12.4. The third kappa shape index (κ3) is 5.98. The first-order chi connectivity index (χ1) is 14.6. The van der Waals surface area contributed by atoms with Gasteiger partial charge in [-0.25, -0.2) is 4.79 Å². The number of hydrogen-bond acceptors (Lipinski definition) is 4. The standard InChI is InChI=1S/C23H25BrN2O4S/c1-23(2,3)26(22(28)29)13-17(11-15-7-5-4-6-8-15)25-21(27)18-12-19(24)31-20(18)16-9-10-30-14-16/h4-10,12,14,17H,11,13H2,1-3H3,(H,25,27)(H,28,29). The van der Waals surface area contributed by atoms with Gasteiger partial charge in [0.25, 0.3) is 5.91 Å². The van der Waals surface area contributed by atoms with Crippen LogP contribution in [-0.4, -0.2) is 40.1 Å². The third-order valence-corrected chi connectivity index (χ3v) is 6.52. The molecule has 0 aliphatic rings. The zero-order chi connectivity index (χ0) is 22.6. The molecule has 1 aromatic carbocycles. The zero-order valence-electron chi connectivity index (χ0n) is 17.6. The number of rotatable bonds is 7. The van der Waals surface area contributed by atoms with E-state index in [-0.39, 0.29) is 12.5 Å². The van der Waals surface area contributed by atoms with Gasteiger partial charge in [-0.05, 0) is 60.8 Å². The zero-order valence-corrected chi connectivity index (χ0v) is 20.0. The van der Waals surface area contributed by atoms with E-state index in [1.54, 1.807) is 18.6 Å². The van der Waals surface area contributed by atoms with Crippen molar-refractivity contribution in [3.05, 3.63) is 69.9 Å². The smallest absolute Gasteiger partial charge is 0.407 e. The molecule has 2 N–H and O–H groups in total. The molecule has 0 radical (unpaired) electrons. The molecule has 31 heavy (non-hydrogen) atoms. The summed E-state index contributed by atoms with van der Waals surface area (Å²) in [4.78, 5) is 27.3. The van der Waals surface area contributed by atoms with Gasteiger partial charge in [-0.2, -0.15) is 0 Å². The highest BCUT2D eigenvalue weighted by Crippen LogP contribution is 2.36. The molecule has 2 aromatic heterocycles. The summed E-state index contributed by atoms with van der Waals surface area (Å²) in [5.74, 6) is -0.252. The molecule has 0 aliphatic carbocycles. The lowest BCUT2D eigenvalue weighted by Gasteiger charge is -2.36. The predicted octanol–water partition coefficient (Wildman–Crippen LogP) is 5.89. The minimum atomic E-state index is -1.02. The Morgan fingerprint density at radius 1 is 1.23 bits per heavy atom. The highest BCUT2D eigenvalue weighted by Gasteiger charge is 2.30. The SMILES string of the molecule is CC(C)(C)N(CC(Cc1ccccc1)NC(=O)c1cc(Br)sc1-c1ccoc1)C(=O)O. The van der Waals surface area contributed by atoms with E-state index in [0.29, 0.717) is 12.0 Å². The van der Waals surface area contributed by atoms with Gasteiger partial charge in [0.05, 0.1) is 32.8 Å². The second kappa shape index (κ2) is 9.70. The van der Waals surface area contributed by atoms with Gasteiger partial charge in [-0.15, -0.1) is 11.3 Å². The van der Waals surface area contributed by atoms with E-state index in [9.17, 15) is 14.7 Å². The number of amides is 2. The molecule has 1 unspecified atom stereocenters. The minimum absolute atomic E-state index is 0.172. The van der Waals surface area contributed by atoms with Crippen LogP contribution in [0, 0.1) is 0 Å². The molecule has 0 spiro atoms. The van der Waals surface area contributed by atoms with E-state index in [1.165, 1.54) is 16.2 Å². The summed E-state index contributed by atoms with van der Waals surface area (Å²) in [6.07, 6.45) is 2.66. The van der Waals surface area contributed by atoms with Gasteiger partial charge in [-0.1, -0.05) is 30.3 Å². The van der Waals surface area contributed by atoms with Gasteiger partial charge < -0.3 is 19.7 Å². The van der Waals surface area contributed by atoms with Crippen molar-refractivity contribution in [2.24, 2.45) is 0 Å². The first-order valence-electron chi connectivity index (χ1n) is 9.82. The number of nitrogens with zero attached hydrogens (tertiary/aromatic N) is 1. The summed E-state index contributed by atoms with van der Waals surface area (Å²) < 4.78 is 6.01. The number of furan rings is 1. The summed E-state index contributed by atoms with van der Waals surface area (Å²) in [6, 6.07) is 12.9. The molecule has 1 atom stereocenters. The van der Waals surface area contributed by atoms with E-state index < -0.39 is 17.7 Å². The van der Waals surface area contributed by atoms with Gasteiger partial charge in [0.1, 0.15) is 0 Å². The molecule has 8 heteroatoms. The molecule has 3 rings (SSSR count). The van der Waals surface area contributed by atoms with Crippen molar-refractivity contribution in [3.63, 3.8) is 0 Å². The molecule has 6 nitrogen and oxygen atoms in total. The van der Waals surface area contributed by atoms with Crippen LogP contribution in [0.25, 0.3) is 10.4 Å². The maximum atomic E-state index is 13.3. The summed E-state index contributed by atoms with van der Waals surface area (Å²) in [6.45, 7) is 5.70. The van der Waals surface area contributed by atoms with Crippen molar-refractivity contribution >= 4 is 39.3 Å². The Labute approximate surface area is 194 Å². The van der Waals surface area contributed by atoms with Crippen molar-refractivity contribution in [1.29, 1.82) is 0 Å². The van der Waals surface area contributed by atoms with Crippen molar-refractivity contribution in [2.45, 2.75) is 38.8 Å². The topological polar surface area (TPSA) is 82.8 Å². The average Bonchev–Trinajstić information content (AvgIpc) is 3.35. The van der Waals surface area contributed by atoms with E-state index in [1.807, 2.05) is 57.2 Å². The van der Waals surface area contributed by atoms with Gasteiger partial charge >= 0.3 is 6.09 Å². The van der Waals surface area contributed by atoms with Crippen LogP contribution in [0.3, 0.4) is 0 Å². The fourth-order valence-corrected chi connectivity index (χ4v) is 4.90.